The van der Waals surface area contributed by atoms with Crippen LogP contribution in [-0.4, -0.2) is 23.9 Å². The molecule has 0 radical (unpaired) electrons. The van der Waals surface area contributed by atoms with E-state index in [0.29, 0.717) is 6.61 Å². The number of unbranched alkanes of at least 4 members (excludes halogenated alkanes) is 4. The van der Waals surface area contributed by atoms with E-state index in [2.05, 4.69) is 34.4 Å². The van der Waals surface area contributed by atoms with Crippen molar-refractivity contribution in [3.8, 4) is 11.8 Å². The third-order valence-corrected chi connectivity index (χ3v) is 3.55. The molecule has 17 heavy (non-hydrogen) atoms. The molecule has 0 aromatic rings. The maximum atomic E-state index is 5.53. The van der Waals surface area contributed by atoms with Crippen LogP contribution in [0.5, 0.6) is 0 Å². The van der Waals surface area contributed by atoms with E-state index in [9.17, 15) is 0 Å². The second-order valence-corrected chi connectivity index (χ2v) is 5.39. The number of ether oxygens (including phenoxy) is 2. The van der Waals surface area contributed by atoms with Crippen molar-refractivity contribution in [1.82, 2.24) is 0 Å². The van der Waals surface area contributed by atoms with Crippen LogP contribution >= 0.6 is 22.6 Å². The lowest BCUT2D eigenvalue weighted by Gasteiger charge is -2.21. The van der Waals surface area contributed by atoms with Gasteiger partial charge in [0.05, 0.1) is 0 Å². The minimum Gasteiger partial charge on any atom is -0.353 e. The molecule has 0 spiro atoms. The third kappa shape index (κ3) is 8.87. The van der Waals surface area contributed by atoms with Crippen LogP contribution in [0.2, 0.25) is 0 Å². The Labute approximate surface area is 119 Å². The van der Waals surface area contributed by atoms with Gasteiger partial charge in [0.2, 0.25) is 0 Å². The Morgan fingerprint density at radius 2 is 2.00 bits per heavy atom. The second kappa shape index (κ2) is 11.3. The fourth-order valence-corrected chi connectivity index (χ4v) is 2.32. The zero-order valence-corrected chi connectivity index (χ0v) is 12.7. The molecule has 0 bridgehead atoms. The summed E-state index contributed by atoms with van der Waals surface area (Å²) in [4.78, 5) is 0. The van der Waals surface area contributed by atoms with Gasteiger partial charge in [0.15, 0.2) is 6.29 Å². The first kappa shape index (κ1) is 15.3. The van der Waals surface area contributed by atoms with Gasteiger partial charge in [0.25, 0.3) is 0 Å². The van der Waals surface area contributed by atoms with Crippen molar-refractivity contribution in [3.05, 3.63) is 0 Å². The summed E-state index contributed by atoms with van der Waals surface area (Å²) in [5, 5.41) is 0. The molecule has 1 unspecified atom stereocenters. The standard InChI is InChI=1S/C14H23IO2/c15-11-7-4-2-1-3-5-8-12-16-14-10-6-9-13-17-14/h14H,1-4,6-7,9-13H2. The van der Waals surface area contributed by atoms with Crippen LogP contribution in [-0.2, 0) is 9.47 Å². The number of halogens is 1. The molecule has 1 saturated heterocycles. The van der Waals surface area contributed by atoms with Crippen LogP contribution in [0.25, 0.3) is 0 Å². The van der Waals surface area contributed by atoms with E-state index in [-0.39, 0.29) is 6.29 Å². The summed E-state index contributed by atoms with van der Waals surface area (Å²) in [6, 6.07) is 0. The lowest BCUT2D eigenvalue weighted by molar-refractivity contribution is -0.154. The third-order valence-electron chi connectivity index (χ3n) is 2.79. The van der Waals surface area contributed by atoms with Gasteiger partial charge in [-0.1, -0.05) is 41.4 Å². The molecule has 0 aromatic heterocycles. The van der Waals surface area contributed by atoms with E-state index >= 15 is 0 Å². The van der Waals surface area contributed by atoms with Crippen molar-refractivity contribution >= 4 is 22.6 Å². The molecule has 1 fully saturated rings. The fraction of sp³-hybridized carbons (Fsp3) is 0.857. The smallest absolute Gasteiger partial charge is 0.158 e. The van der Waals surface area contributed by atoms with Crippen molar-refractivity contribution in [1.29, 1.82) is 0 Å². The summed E-state index contributed by atoms with van der Waals surface area (Å²) in [7, 11) is 0. The van der Waals surface area contributed by atoms with Gasteiger partial charge in [0.1, 0.15) is 6.61 Å². The Morgan fingerprint density at radius 3 is 2.76 bits per heavy atom. The largest absolute Gasteiger partial charge is 0.353 e. The summed E-state index contributed by atoms with van der Waals surface area (Å²) in [6.45, 7) is 1.37. The predicted molar refractivity (Wildman–Crippen MR) is 79.3 cm³/mol. The van der Waals surface area contributed by atoms with E-state index < -0.39 is 0 Å². The predicted octanol–water partition coefficient (Wildman–Crippen LogP) is 3.92. The molecule has 1 aliphatic rings. The molecule has 98 valence electrons. The molecular weight excluding hydrogens is 327 g/mol. The summed E-state index contributed by atoms with van der Waals surface area (Å²) >= 11 is 2.43. The van der Waals surface area contributed by atoms with Gasteiger partial charge in [-0.25, -0.2) is 0 Å². The average molecular weight is 350 g/mol. The summed E-state index contributed by atoms with van der Waals surface area (Å²) in [5.74, 6) is 6.24. The summed E-state index contributed by atoms with van der Waals surface area (Å²) in [5.41, 5.74) is 0. The van der Waals surface area contributed by atoms with Crippen molar-refractivity contribution in [2.45, 2.75) is 57.7 Å². The maximum absolute atomic E-state index is 5.53. The maximum Gasteiger partial charge on any atom is 0.158 e. The van der Waals surface area contributed by atoms with E-state index in [1.165, 1.54) is 43.0 Å². The summed E-state index contributed by atoms with van der Waals surface area (Å²) in [6.07, 6.45) is 9.65. The highest BCUT2D eigenvalue weighted by Gasteiger charge is 2.12. The Kier molecular flexibility index (Phi) is 10.2. The van der Waals surface area contributed by atoms with Crippen LogP contribution in [0, 0.1) is 11.8 Å². The van der Waals surface area contributed by atoms with Gasteiger partial charge in [0, 0.05) is 13.0 Å². The fourth-order valence-electron chi connectivity index (χ4n) is 1.78. The minimum absolute atomic E-state index is 0.00158. The summed E-state index contributed by atoms with van der Waals surface area (Å²) < 4.78 is 12.3. The van der Waals surface area contributed by atoms with Crippen molar-refractivity contribution in [3.63, 3.8) is 0 Å². The molecule has 3 heteroatoms. The second-order valence-electron chi connectivity index (χ2n) is 4.31. The first-order valence-corrected chi connectivity index (χ1v) is 8.21. The van der Waals surface area contributed by atoms with Gasteiger partial charge >= 0.3 is 0 Å². The molecule has 1 rings (SSSR count). The lowest BCUT2D eigenvalue weighted by atomic mass is 10.2. The molecule has 1 atom stereocenters. The Bertz CT molecular complexity index is 226. The van der Waals surface area contributed by atoms with Crippen LogP contribution in [0.3, 0.4) is 0 Å². The zero-order valence-electron chi connectivity index (χ0n) is 10.5. The van der Waals surface area contributed by atoms with Crippen molar-refractivity contribution < 1.29 is 9.47 Å². The first-order valence-electron chi connectivity index (χ1n) is 6.68. The molecular formula is C14H23IO2. The molecule has 0 saturated carbocycles. The topological polar surface area (TPSA) is 18.5 Å². The van der Waals surface area contributed by atoms with Gasteiger partial charge in [-0.05, 0) is 36.5 Å². The highest BCUT2D eigenvalue weighted by atomic mass is 127. The lowest BCUT2D eigenvalue weighted by Crippen LogP contribution is -2.22. The minimum atomic E-state index is 0.00158. The molecule has 1 aliphatic heterocycles. The van der Waals surface area contributed by atoms with Gasteiger partial charge in [-0.15, -0.1) is 5.92 Å². The van der Waals surface area contributed by atoms with Crippen LogP contribution in [0.15, 0.2) is 0 Å². The van der Waals surface area contributed by atoms with E-state index in [1.54, 1.807) is 0 Å². The van der Waals surface area contributed by atoms with E-state index in [4.69, 9.17) is 9.47 Å². The highest BCUT2D eigenvalue weighted by molar-refractivity contribution is 14.1. The van der Waals surface area contributed by atoms with Gasteiger partial charge in [-0.2, -0.15) is 0 Å². The SMILES string of the molecule is ICCCCCCC#CCOC1CCCCO1. The van der Waals surface area contributed by atoms with Gasteiger partial charge < -0.3 is 9.47 Å². The van der Waals surface area contributed by atoms with Crippen LogP contribution < -0.4 is 0 Å². The molecule has 2 nitrogen and oxygen atoms in total. The monoisotopic (exact) mass is 350 g/mol. The van der Waals surface area contributed by atoms with Gasteiger partial charge in [-0.3, -0.25) is 0 Å². The number of hydrogen-bond acceptors (Lipinski definition) is 2. The Morgan fingerprint density at radius 1 is 1.12 bits per heavy atom. The quantitative estimate of drug-likeness (QED) is 0.300. The Hall–Kier alpha value is 0.210. The molecule has 0 amide bonds. The van der Waals surface area contributed by atoms with E-state index in [1.807, 2.05) is 0 Å². The van der Waals surface area contributed by atoms with E-state index in [0.717, 1.165) is 19.4 Å². The van der Waals surface area contributed by atoms with Crippen LogP contribution in [0.4, 0.5) is 0 Å². The zero-order chi connectivity index (χ0) is 12.2. The average Bonchev–Trinajstić information content (AvgIpc) is 2.38. The molecule has 1 heterocycles. The highest BCUT2D eigenvalue weighted by Crippen LogP contribution is 2.13. The molecule has 0 aromatic carbocycles. The molecule has 0 aliphatic carbocycles. The number of rotatable bonds is 7. The Balaban J connectivity index is 1.88. The van der Waals surface area contributed by atoms with Crippen molar-refractivity contribution in [2.24, 2.45) is 0 Å². The van der Waals surface area contributed by atoms with Crippen molar-refractivity contribution in [2.75, 3.05) is 17.6 Å². The number of hydrogen-bond donors (Lipinski definition) is 0. The first-order chi connectivity index (χ1) is 8.43. The molecule has 0 N–H and O–H groups in total. The van der Waals surface area contributed by atoms with Crippen LogP contribution in [0.1, 0.15) is 51.4 Å². The number of alkyl halides is 1. The normalized spacial score (nSPS) is 19.7.